The molecule has 6 heteroatoms. The minimum atomic E-state index is -0.286. The molecular formula is C13H23N5O. The molecule has 1 aromatic rings. The van der Waals surface area contributed by atoms with Gasteiger partial charge in [-0.05, 0) is 20.8 Å². The van der Waals surface area contributed by atoms with E-state index in [0.717, 1.165) is 37.7 Å². The van der Waals surface area contributed by atoms with Crippen LogP contribution in [-0.2, 0) is 0 Å². The molecular weight excluding hydrogens is 242 g/mol. The second kappa shape index (κ2) is 5.71. The van der Waals surface area contributed by atoms with Crippen LogP contribution in [-0.4, -0.2) is 58.3 Å². The summed E-state index contributed by atoms with van der Waals surface area (Å²) in [5, 5.41) is 9.49. The van der Waals surface area contributed by atoms with Gasteiger partial charge in [0.05, 0.1) is 6.10 Å². The van der Waals surface area contributed by atoms with Crippen molar-refractivity contribution in [2.45, 2.75) is 32.9 Å². The van der Waals surface area contributed by atoms with Crippen LogP contribution in [0.4, 0.5) is 11.8 Å². The molecule has 1 aliphatic rings. The van der Waals surface area contributed by atoms with E-state index in [0.29, 0.717) is 12.0 Å². The highest BCUT2D eigenvalue weighted by molar-refractivity contribution is 5.44. The molecule has 6 nitrogen and oxygen atoms in total. The predicted molar refractivity (Wildman–Crippen MR) is 76.1 cm³/mol. The number of hydrogen-bond donors (Lipinski definition) is 2. The van der Waals surface area contributed by atoms with E-state index >= 15 is 0 Å². The number of rotatable bonds is 3. The molecule has 19 heavy (non-hydrogen) atoms. The number of anilines is 2. The van der Waals surface area contributed by atoms with Gasteiger partial charge in [-0.1, -0.05) is 0 Å². The first-order valence-corrected chi connectivity index (χ1v) is 6.74. The summed E-state index contributed by atoms with van der Waals surface area (Å²) in [6.45, 7) is 9.36. The third-order valence-electron chi connectivity index (χ3n) is 3.45. The Morgan fingerprint density at radius 2 is 2.21 bits per heavy atom. The van der Waals surface area contributed by atoms with Gasteiger partial charge in [-0.15, -0.1) is 0 Å². The summed E-state index contributed by atoms with van der Waals surface area (Å²) in [5.74, 6) is 1.22. The monoisotopic (exact) mass is 265 g/mol. The lowest BCUT2D eigenvalue weighted by Gasteiger charge is -2.40. The van der Waals surface area contributed by atoms with Crippen molar-refractivity contribution in [3.05, 3.63) is 11.8 Å². The normalized spacial score (nSPS) is 22.5. The summed E-state index contributed by atoms with van der Waals surface area (Å²) in [7, 11) is 0. The van der Waals surface area contributed by atoms with E-state index in [9.17, 15) is 5.11 Å². The van der Waals surface area contributed by atoms with Crippen molar-refractivity contribution in [3.63, 3.8) is 0 Å². The molecule has 0 amide bonds. The van der Waals surface area contributed by atoms with Crippen LogP contribution in [0.1, 0.15) is 19.5 Å². The molecule has 1 fully saturated rings. The number of aryl methyl sites for hydroxylation is 1. The molecule has 1 aromatic heterocycles. The number of aromatic nitrogens is 2. The lowest BCUT2D eigenvalue weighted by atomic mass is 10.1. The van der Waals surface area contributed by atoms with Gasteiger partial charge in [-0.3, -0.25) is 4.90 Å². The third kappa shape index (κ3) is 3.54. The van der Waals surface area contributed by atoms with Gasteiger partial charge in [0.2, 0.25) is 5.95 Å². The highest BCUT2D eigenvalue weighted by Gasteiger charge is 2.25. The topological polar surface area (TPSA) is 78.5 Å². The first kappa shape index (κ1) is 14.0. The summed E-state index contributed by atoms with van der Waals surface area (Å²) in [6.07, 6.45) is -0.286. The molecule has 3 N–H and O–H groups in total. The number of β-amino-alcohol motifs (C(OH)–C–C–N with tert-alkyl or cyclic N) is 1. The summed E-state index contributed by atoms with van der Waals surface area (Å²) >= 11 is 0. The minimum absolute atomic E-state index is 0.286. The second-order valence-electron chi connectivity index (χ2n) is 5.36. The Bertz CT molecular complexity index is 417. The van der Waals surface area contributed by atoms with E-state index in [1.165, 1.54) is 0 Å². The summed E-state index contributed by atoms with van der Waals surface area (Å²) in [4.78, 5) is 12.9. The molecule has 0 bridgehead atoms. The van der Waals surface area contributed by atoms with Gasteiger partial charge in [-0.25, -0.2) is 4.98 Å². The molecule has 0 spiro atoms. The average molecular weight is 265 g/mol. The van der Waals surface area contributed by atoms with Crippen LogP contribution in [0, 0.1) is 6.92 Å². The standard InChI is InChI=1S/C13H23N5O/c1-9-6-12(16-13(14)15-9)18-5-4-17(8-11(3)19)10(2)7-18/h6,10-11,19H,4-5,7-8H2,1-3H3,(H2,14,15,16)/t10-,11+/m0/s1. The number of hydrogen-bond acceptors (Lipinski definition) is 6. The smallest absolute Gasteiger partial charge is 0.222 e. The van der Waals surface area contributed by atoms with Gasteiger partial charge >= 0.3 is 0 Å². The fourth-order valence-corrected chi connectivity index (χ4v) is 2.55. The quantitative estimate of drug-likeness (QED) is 0.816. The number of nitrogens with zero attached hydrogens (tertiary/aromatic N) is 4. The van der Waals surface area contributed by atoms with Gasteiger partial charge in [0.15, 0.2) is 0 Å². The molecule has 2 atom stereocenters. The van der Waals surface area contributed by atoms with Gasteiger partial charge in [0.1, 0.15) is 5.82 Å². The van der Waals surface area contributed by atoms with Crippen molar-refractivity contribution in [2.24, 2.45) is 0 Å². The van der Waals surface area contributed by atoms with Gasteiger partial charge in [-0.2, -0.15) is 4.98 Å². The van der Waals surface area contributed by atoms with Gasteiger partial charge in [0.25, 0.3) is 0 Å². The van der Waals surface area contributed by atoms with E-state index < -0.39 is 0 Å². The van der Waals surface area contributed by atoms with E-state index in [1.54, 1.807) is 0 Å². The summed E-state index contributed by atoms with van der Waals surface area (Å²) < 4.78 is 0. The second-order valence-corrected chi connectivity index (χ2v) is 5.36. The van der Waals surface area contributed by atoms with Crippen molar-refractivity contribution in [1.82, 2.24) is 14.9 Å². The Balaban J connectivity index is 2.05. The summed E-state index contributed by atoms with van der Waals surface area (Å²) in [6, 6.07) is 2.35. The van der Waals surface area contributed by atoms with Gasteiger partial charge < -0.3 is 15.7 Å². The SMILES string of the molecule is Cc1cc(N2CCN(C[C@@H](C)O)[C@@H](C)C2)nc(N)n1. The van der Waals surface area contributed by atoms with Crippen LogP contribution >= 0.6 is 0 Å². The Kier molecular flexibility index (Phi) is 4.21. The molecule has 106 valence electrons. The van der Waals surface area contributed by atoms with E-state index in [4.69, 9.17) is 5.73 Å². The first-order valence-electron chi connectivity index (χ1n) is 6.74. The lowest BCUT2D eigenvalue weighted by Crippen LogP contribution is -2.53. The number of aliphatic hydroxyl groups is 1. The van der Waals surface area contributed by atoms with Crippen LogP contribution in [0.25, 0.3) is 0 Å². The van der Waals surface area contributed by atoms with Crippen LogP contribution in [0.3, 0.4) is 0 Å². The maximum atomic E-state index is 9.49. The van der Waals surface area contributed by atoms with Crippen molar-refractivity contribution in [2.75, 3.05) is 36.8 Å². The zero-order chi connectivity index (χ0) is 14.0. The molecule has 0 aromatic carbocycles. The van der Waals surface area contributed by atoms with Crippen LogP contribution < -0.4 is 10.6 Å². The van der Waals surface area contributed by atoms with E-state index in [1.807, 2.05) is 19.9 Å². The molecule has 2 heterocycles. The maximum absolute atomic E-state index is 9.49. The van der Waals surface area contributed by atoms with Crippen LogP contribution in [0.5, 0.6) is 0 Å². The molecule has 0 aliphatic carbocycles. The van der Waals surface area contributed by atoms with Crippen LogP contribution in [0.2, 0.25) is 0 Å². The number of aliphatic hydroxyl groups excluding tert-OH is 1. The zero-order valence-electron chi connectivity index (χ0n) is 11.9. The average Bonchev–Trinajstić information content (AvgIpc) is 2.30. The van der Waals surface area contributed by atoms with E-state index in [2.05, 4.69) is 26.7 Å². The highest BCUT2D eigenvalue weighted by Crippen LogP contribution is 2.18. The van der Waals surface area contributed by atoms with Crippen molar-refractivity contribution in [1.29, 1.82) is 0 Å². The Morgan fingerprint density at radius 3 is 2.79 bits per heavy atom. The van der Waals surface area contributed by atoms with Gasteiger partial charge in [0, 0.05) is 44.0 Å². The Hall–Kier alpha value is -1.40. The zero-order valence-corrected chi connectivity index (χ0v) is 11.9. The molecule has 2 rings (SSSR count). The molecule has 0 radical (unpaired) electrons. The fraction of sp³-hybridized carbons (Fsp3) is 0.692. The number of nitrogen functional groups attached to an aromatic ring is 1. The highest BCUT2D eigenvalue weighted by atomic mass is 16.3. The van der Waals surface area contributed by atoms with E-state index in [-0.39, 0.29) is 6.10 Å². The predicted octanol–water partition coefficient (Wildman–Crippen LogP) is 0.259. The maximum Gasteiger partial charge on any atom is 0.222 e. The third-order valence-corrected chi connectivity index (χ3v) is 3.45. The largest absolute Gasteiger partial charge is 0.392 e. The van der Waals surface area contributed by atoms with Crippen LogP contribution in [0.15, 0.2) is 6.07 Å². The summed E-state index contributed by atoms with van der Waals surface area (Å²) in [5.41, 5.74) is 6.59. The number of piperazine rings is 1. The van der Waals surface area contributed by atoms with Crippen molar-refractivity contribution < 1.29 is 5.11 Å². The first-order chi connectivity index (χ1) is 8.95. The van der Waals surface area contributed by atoms with Crippen molar-refractivity contribution in [3.8, 4) is 0 Å². The molecule has 1 aliphatic heterocycles. The minimum Gasteiger partial charge on any atom is -0.392 e. The number of nitrogens with two attached hydrogens (primary N) is 1. The Morgan fingerprint density at radius 1 is 1.47 bits per heavy atom. The van der Waals surface area contributed by atoms with Crippen molar-refractivity contribution >= 4 is 11.8 Å². The molecule has 1 saturated heterocycles. The molecule has 0 saturated carbocycles. The fourth-order valence-electron chi connectivity index (χ4n) is 2.55. The molecule has 0 unspecified atom stereocenters. The lowest BCUT2D eigenvalue weighted by molar-refractivity contribution is 0.0959. The Labute approximate surface area is 114 Å².